The van der Waals surface area contributed by atoms with Crippen molar-refractivity contribution in [2.75, 3.05) is 51.4 Å². The Hall–Kier alpha value is -3.97. The number of anilines is 3. The van der Waals surface area contributed by atoms with Crippen LogP contribution in [0.1, 0.15) is 44.4 Å². The van der Waals surface area contributed by atoms with Crippen molar-refractivity contribution in [3.8, 4) is 11.8 Å². The number of amides is 2. The van der Waals surface area contributed by atoms with Crippen LogP contribution in [0, 0.1) is 18.8 Å². The van der Waals surface area contributed by atoms with Gasteiger partial charge in [-0.3, -0.25) is 14.6 Å². The summed E-state index contributed by atoms with van der Waals surface area (Å²) in [5, 5.41) is 9.40. The fraction of sp³-hybridized carbons (Fsp3) is 0.464. The van der Waals surface area contributed by atoms with Crippen LogP contribution in [0.4, 0.5) is 17.5 Å². The summed E-state index contributed by atoms with van der Waals surface area (Å²) in [6.07, 6.45) is 8.95. The summed E-state index contributed by atoms with van der Waals surface area (Å²) < 4.78 is 0. The molecular formula is C28H40N8O2. The summed E-state index contributed by atoms with van der Waals surface area (Å²) in [5.41, 5.74) is 2.49. The van der Waals surface area contributed by atoms with Gasteiger partial charge in [0.05, 0.1) is 11.8 Å². The monoisotopic (exact) mass is 520 g/mol. The van der Waals surface area contributed by atoms with Gasteiger partial charge >= 0.3 is 0 Å². The van der Waals surface area contributed by atoms with Crippen LogP contribution in [-0.4, -0.2) is 83.4 Å². The topological polar surface area (TPSA) is 115 Å². The van der Waals surface area contributed by atoms with E-state index < -0.39 is 6.04 Å². The highest BCUT2D eigenvalue weighted by Gasteiger charge is 2.20. The summed E-state index contributed by atoms with van der Waals surface area (Å²) in [6, 6.07) is 3.22. The van der Waals surface area contributed by atoms with Crippen molar-refractivity contribution in [1.82, 2.24) is 30.1 Å². The third-order valence-electron chi connectivity index (χ3n) is 5.52. The largest absolute Gasteiger partial charge is 0.369 e. The molecule has 2 amide bonds. The number of nitrogens with zero attached hydrogens (tertiary/aromatic N) is 5. The van der Waals surface area contributed by atoms with E-state index in [1.165, 1.54) is 11.0 Å². The first-order chi connectivity index (χ1) is 18.2. The molecule has 1 atom stereocenters. The van der Waals surface area contributed by atoms with Gasteiger partial charge in [-0.05, 0) is 52.9 Å². The van der Waals surface area contributed by atoms with E-state index in [2.05, 4.69) is 49.7 Å². The number of carbonyl (C=O) groups is 2. The maximum Gasteiger partial charge on any atom is 0.246 e. The molecule has 0 saturated heterocycles. The van der Waals surface area contributed by atoms with E-state index in [4.69, 9.17) is 0 Å². The van der Waals surface area contributed by atoms with Crippen molar-refractivity contribution in [2.24, 2.45) is 0 Å². The van der Waals surface area contributed by atoms with Gasteiger partial charge < -0.3 is 25.8 Å². The molecule has 0 aliphatic carbocycles. The Morgan fingerprint density at radius 2 is 1.97 bits per heavy atom. The molecule has 0 aliphatic heterocycles. The van der Waals surface area contributed by atoms with E-state index in [1.807, 2.05) is 38.1 Å². The number of carbonyl (C=O) groups excluding carboxylic acids is 2. The van der Waals surface area contributed by atoms with Gasteiger partial charge in [0.1, 0.15) is 11.9 Å². The number of rotatable bonds is 13. The fourth-order valence-corrected chi connectivity index (χ4v) is 3.21. The molecule has 0 radical (unpaired) electrons. The second kappa shape index (κ2) is 16.0. The quantitative estimate of drug-likeness (QED) is 0.210. The van der Waals surface area contributed by atoms with E-state index in [-0.39, 0.29) is 11.8 Å². The Bertz CT molecular complexity index is 1150. The average molecular weight is 521 g/mol. The number of hydrogen-bond donors (Lipinski definition) is 3. The lowest BCUT2D eigenvalue weighted by molar-refractivity contribution is -0.135. The normalized spacial score (nSPS) is 11.6. The highest BCUT2D eigenvalue weighted by molar-refractivity contribution is 5.92. The second-order valence-corrected chi connectivity index (χ2v) is 9.18. The Labute approximate surface area is 226 Å². The molecule has 2 aromatic rings. The third-order valence-corrected chi connectivity index (χ3v) is 5.52. The first kappa shape index (κ1) is 30.3. The van der Waals surface area contributed by atoms with Crippen LogP contribution in [0.5, 0.6) is 0 Å². The molecular weight excluding hydrogens is 480 g/mol. The predicted octanol–water partition coefficient (Wildman–Crippen LogP) is 2.96. The van der Waals surface area contributed by atoms with Crippen molar-refractivity contribution >= 4 is 29.3 Å². The minimum atomic E-state index is -0.565. The molecule has 0 spiro atoms. The highest BCUT2D eigenvalue weighted by atomic mass is 16.2. The molecule has 10 heteroatoms. The van der Waals surface area contributed by atoms with Gasteiger partial charge in [-0.1, -0.05) is 24.8 Å². The van der Waals surface area contributed by atoms with Gasteiger partial charge in [-0.25, -0.2) is 4.98 Å². The molecule has 0 bridgehead atoms. The minimum Gasteiger partial charge on any atom is -0.369 e. The summed E-state index contributed by atoms with van der Waals surface area (Å²) >= 11 is 0. The lowest BCUT2D eigenvalue weighted by Gasteiger charge is -2.23. The van der Waals surface area contributed by atoms with Crippen LogP contribution in [0.15, 0.2) is 36.7 Å². The smallest absolute Gasteiger partial charge is 0.246 e. The zero-order valence-electron chi connectivity index (χ0n) is 23.3. The van der Waals surface area contributed by atoms with Crippen LogP contribution in [0.2, 0.25) is 0 Å². The number of aryl methyl sites for hydroxylation is 1. The van der Waals surface area contributed by atoms with Gasteiger partial charge in [0.2, 0.25) is 17.8 Å². The first-order valence-electron chi connectivity index (χ1n) is 12.9. The van der Waals surface area contributed by atoms with Gasteiger partial charge in [-0.2, -0.15) is 4.98 Å². The number of hydrogen-bond acceptors (Lipinski definition) is 8. The molecule has 10 nitrogen and oxygen atoms in total. The van der Waals surface area contributed by atoms with Gasteiger partial charge in [0, 0.05) is 56.8 Å². The van der Waals surface area contributed by atoms with Crippen LogP contribution >= 0.6 is 0 Å². The summed E-state index contributed by atoms with van der Waals surface area (Å²) in [4.78, 5) is 41.3. The summed E-state index contributed by atoms with van der Waals surface area (Å²) in [6.45, 7) is 7.63. The van der Waals surface area contributed by atoms with Gasteiger partial charge in [0.25, 0.3) is 0 Å². The lowest BCUT2D eigenvalue weighted by atomic mass is 10.2. The van der Waals surface area contributed by atoms with Crippen molar-refractivity contribution in [2.45, 2.75) is 46.1 Å². The molecule has 0 aliphatic rings. The zero-order valence-corrected chi connectivity index (χ0v) is 23.3. The molecule has 0 saturated carbocycles. The predicted molar refractivity (Wildman–Crippen MR) is 152 cm³/mol. The van der Waals surface area contributed by atoms with E-state index >= 15 is 0 Å². The lowest BCUT2D eigenvalue weighted by Crippen LogP contribution is -2.45. The average Bonchev–Trinajstić information content (AvgIpc) is 2.88. The summed E-state index contributed by atoms with van der Waals surface area (Å²) in [7, 11) is 5.48. The van der Waals surface area contributed by atoms with E-state index in [1.54, 1.807) is 32.4 Å². The summed E-state index contributed by atoms with van der Waals surface area (Å²) in [5.74, 6) is 7.05. The van der Waals surface area contributed by atoms with E-state index in [0.717, 1.165) is 29.9 Å². The van der Waals surface area contributed by atoms with Crippen molar-refractivity contribution in [1.29, 1.82) is 0 Å². The molecule has 38 heavy (non-hydrogen) atoms. The van der Waals surface area contributed by atoms with E-state index in [0.29, 0.717) is 37.7 Å². The molecule has 0 fully saturated rings. The van der Waals surface area contributed by atoms with Gasteiger partial charge in [-0.15, -0.1) is 0 Å². The Morgan fingerprint density at radius 3 is 2.68 bits per heavy atom. The minimum absolute atomic E-state index is 0.193. The van der Waals surface area contributed by atoms with Crippen molar-refractivity contribution in [3.63, 3.8) is 0 Å². The Balaban J connectivity index is 1.87. The van der Waals surface area contributed by atoms with Crippen molar-refractivity contribution in [3.05, 3.63) is 47.9 Å². The third kappa shape index (κ3) is 10.6. The number of aromatic nitrogens is 3. The van der Waals surface area contributed by atoms with E-state index in [9.17, 15) is 9.59 Å². The molecule has 1 unspecified atom stereocenters. The van der Waals surface area contributed by atoms with Crippen LogP contribution in [0.3, 0.4) is 0 Å². The second-order valence-electron chi connectivity index (χ2n) is 9.18. The maximum atomic E-state index is 12.4. The number of likely N-dealkylation sites (N-methyl/N-ethyl adjacent to an activating group) is 2. The molecule has 2 rings (SSSR count). The van der Waals surface area contributed by atoms with Crippen LogP contribution in [0.25, 0.3) is 0 Å². The van der Waals surface area contributed by atoms with Crippen molar-refractivity contribution < 1.29 is 9.59 Å². The van der Waals surface area contributed by atoms with Crippen LogP contribution in [-0.2, 0) is 9.59 Å². The molecule has 3 N–H and O–H groups in total. The molecule has 0 aromatic carbocycles. The maximum absolute atomic E-state index is 12.4. The highest BCUT2D eigenvalue weighted by Crippen LogP contribution is 2.17. The number of unbranched alkanes of at least 4 members (excludes halogenated alkanes) is 1. The van der Waals surface area contributed by atoms with Gasteiger partial charge in [0.15, 0.2) is 0 Å². The standard InChI is InChI=1S/C28H40N8O2/c1-7-15-30-26-23(20-32-28(34-26)33-24-14-17-29-21(2)19-24)12-9-8-10-16-31-27(38)22(3)36(6)25(37)13-11-18-35(4)5/h11,13-14,17,19-20,22H,7-8,10,15-16,18H2,1-6H3,(H,31,38)(H2,29,30,32,33,34). The van der Waals surface area contributed by atoms with Crippen LogP contribution < -0.4 is 16.0 Å². The molecule has 2 aromatic heterocycles. The first-order valence-corrected chi connectivity index (χ1v) is 12.9. The number of nitrogens with one attached hydrogen (secondary N) is 3. The molecule has 204 valence electrons. The SMILES string of the molecule is CCCNc1nc(Nc2ccnc(C)c2)ncc1C#CCCCNC(=O)C(C)N(C)C(=O)C=CCN(C)C. The zero-order chi connectivity index (χ0) is 27.9. The fourth-order valence-electron chi connectivity index (χ4n) is 3.21. The number of pyridine rings is 1. The molecule has 2 heterocycles. The Kier molecular flexibility index (Phi) is 12.7. The Morgan fingerprint density at radius 1 is 1.18 bits per heavy atom.